The molecule has 1 saturated heterocycles. The first-order valence-electron chi connectivity index (χ1n) is 9.21. The molecule has 1 N–H and O–H groups in total. The van der Waals surface area contributed by atoms with Crippen molar-refractivity contribution in [3.63, 3.8) is 0 Å². The quantitative estimate of drug-likeness (QED) is 0.744. The Morgan fingerprint density at radius 2 is 2.21 bits per heavy atom. The lowest BCUT2D eigenvalue weighted by atomic mass is 10.1. The zero-order valence-corrected chi connectivity index (χ0v) is 15.7. The molecule has 0 radical (unpaired) electrons. The predicted molar refractivity (Wildman–Crippen MR) is 101 cm³/mol. The molecule has 28 heavy (non-hydrogen) atoms. The minimum atomic E-state index is -0.554. The Hall–Kier alpha value is -3.23. The van der Waals surface area contributed by atoms with Gasteiger partial charge in [-0.05, 0) is 44.4 Å². The van der Waals surface area contributed by atoms with Crippen LogP contribution in [0.4, 0.5) is 15.0 Å². The number of hydrogen-bond acceptors (Lipinski definition) is 6. The van der Waals surface area contributed by atoms with Gasteiger partial charge in [0.05, 0.1) is 18.4 Å². The van der Waals surface area contributed by atoms with E-state index in [0.29, 0.717) is 11.5 Å². The molecule has 0 spiro atoms. The zero-order chi connectivity index (χ0) is 19.7. The third-order valence-electron chi connectivity index (χ3n) is 4.59. The molecule has 146 valence electrons. The Morgan fingerprint density at radius 3 is 3.00 bits per heavy atom. The second-order valence-corrected chi connectivity index (χ2v) is 7.04. The maximum atomic E-state index is 13.6. The molecule has 1 amide bonds. The molecule has 0 aliphatic carbocycles. The van der Waals surface area contributed by atoms with Crippen LogP contribution in [0.15, 0.2) is 36.9 Å². The van der Waals surface area contributed by atoms with Gasteiger partial charge in [-0.2, -0.15) is 5.10 Å². The number of halogens is 1. The summed E-state index contributed by atoms with van der Waals surface area (Å²) in [6.07, 6.45) is 7.42. The lowest BCUT2D eigenvalue weighted by Crippen LogP contribution is -2.32. The molecule has 4 rings (SSSR count). The van der Waals surface area contributed by atoms with E-state index in [-0.39, 0.29) is 23.7 Å². The first-order valence-corrected chi connectivity index (χ1v) is 9.21. The fraction of sp³-hybridized carbons (Fsp3) is 0.368. The highest BCUT2D eigenvalue weighted by atomic mass is 19.1. The van der Waals surface area contributed by atoms with E-state index in [0.717, 1.165) is 24.9 Å². The molecule has 1 atom stereocenters. The van der Waals surface area contributed by atoms with Gasteiger partial charge in [0, 0.05) is 25.0 Å². The van der Waals surface area contributed by atoms with Crippen LogP contribution >= 0.6 is 0 Å². The summed E-state index contributed by atoms with van der Waals surface area (Å²) in [5.41, 5.74) is 1.26. The predicted octanol–water partition coefficient (Wildman–Crippen LogP) is 3.10. The summed E-state index contributed by atoms with van der Waals surface area (Å²) in [4.78, 5) is 22.7. The summed E-state index contributed by atoms with van der Waals surface area (Å²) < 4.78 is 20.5. The number of anilines is 1. The maximum absolute atomic E-state index is 13.6. The number of carbonyl (C=O) groups is 1. The smallest absolute Gasteiger partial charge is 0.405 e. The molecular formula is C19H21FN6O2. The number of ether oxygens (including phenoxy) is 1. The molecule has 1 fully saturated rings. The molecule has 4 heterocycles. The summed E-state index contributed by atoms with van der Waals surface area (Å²) >= 11 is 0. The van der Waals surface area contributed by atoms with E-state index in [1.807, 2.05) is 19.9 Å². The fourth-order valence-electron chi connectivity index (χ4n) is 3.43. The number of fused-ring (bicyclic) bond motifs is 1. The molecule has 0 saturated carbocycles. The molecule has 9 heteroatoms. The number of pyridine rings is 1. The first kappa shape index (κ1) is 18.1. The van der Waals surface area contributed by atoms with Crippen LogP contribution in [0.2, 0.25) is 0 Å². The summed E-state index contributed by atoms with van der Waals surface area (Å²) in [5.74, 6) is 0.646. The average molecular weight is 384 g/mol. The minimum absolute atomic E-state index is 0.00493. The summed E-state index contributed by atoms with van der Waals surface area (Å²) in [6, 6.07) is 3.32. The molecular weight excluding hydrogens is 363 g/mol. The molecule has 0 unspecified atom stereocenters. The highest BCUT2D eigenvalue weighted by Gasteiger charge is 2.28. The van der Waals surface area contributed by atoms with E-state index in [4.69, 9.17) is 4.74 Å². The van der Waals surface area contributed by atoms with Crippen molar-refractivity contribution in [1.82, 2.24) is 24.9 Å². The van der Waals surface area contributed by atoms with Gasteiger partial charge in [-0.15, -0.1) is 0 Å². The number of nitrogens with zero attached hydrogens (tertiary/aromatic N) is 5. The van der Waals surface area contributed by atoms with Crippen LogP contribution in [-0.2, 0) is 0 Å². The highest BCUT2D eigenvalue weighted by molar-refractivity contribution is 5.73. The van der Waals surface area contributed by atoms with Crippen molar-refractivity contribution in [3.8, 4) is 5.75 Å². The topological polar surface area (TPSA) is 84.6 Å². The van der Waals surface area contributed by atoms with Crippen molar-refractivity contribution >= 4 is 17.6 Å². The molecule has 1 aliphatic heterocycles. The summed E-state index contributed by atoms with van der Waals surface area (Å²) in [6.45, 7) is 4.49. The van der Waals surface area contributed by atoms with Crippen LogP contribution in [0.1, 0.15) is 38.3 Å². The number of rotatable bonds is 4. The van der Waals surface area contributed by atoms with Gasteiger partial charge in [0.15, 0.2) is 5.75 Å². The van der Waals surface area contributed by atoms with E-state index in [1.54, 1.807) is 16.9 Å². The van der Waals surface area contributed by atoms with Gasteiger partial charge in [0.25, 0.3) is 0 Å². The van der Waals surface area contributed by atoms with Gasteiger partial charge in [-0.1, -0.05) is 0 Å². The van der Waals surface area contributed by atoms with Crippen LogP contribution in [0.25, 0.3) is 5.65 Å². The van der Waals surface area contributed by atoms with Crippen molar-refractivity contribution in [1.29, 1.82) is 0 Å². The normalized spacial score (nSPS) is 16.7. The van der Waals surface area contributed by atoms with Crippen molar-refractivity contribution < 1.29 is 13.9 Å². The van der Waals surface area contributed by atoms with Gasteiger partial charge >= 0.3 is 6.09 Å². The van der Waals surface area contributed by atoms with Crippen LogP contribution in [0.5, 0.6) is 5.75 Å². The lowest BCUT2D eigenvalue weighted by Gasteiger charge is -2.26. The Kier molecular flexibility index (Phi) is 4.81. The monoisotopic (exact) mass is 384 g/mol. The minimum Gasteiger partial charge on any atom is -0.405 e. The maximum Gasteiger partial charge on any atom is 0.412 e. The van der Waals surface area contributed by atoms with Crippen molar-refractivity contribution in [2.45, 2.75) is 38.8 Å². The number of nitrogens with one attached hydrogen (secondary N) is 1. The van der Waals surface area contributed by atoms with Gasteiger partial charge in [-0.25, -0.2) is 18.7 Å². The number of hydrogen-bond donors (Lipinski definition) is 1. The second kappa shape index (κ2) is 7.41. The van der Waals surface area contributed by atoms with E-state index >= 15 is 0 Å². The zero-order valence-electron chi connectivity index (χ0n) is 15.7. The second-order valence-electron chi connectivity index (χ2n) is 7.04. The SMILES string of the molecule is CC(C)NC(=O)Oc1cnn2ccc(N3CCC[C@@H]3c3cncc(F)c3)nc12. The Labute approximate surface area is 161 Å². The summed E-state index contributed by atoms with van der Waals surface area (Å²) in [5, 5.41) is 6.85. The number of carbonyl (C=O) groups excluding carboxylic acids is 1. The van der Waals surface area contributed by atoms with E-state index in [9.17, 15) is 9.18 Å². The third kappa shape index (κ3) is 3.60. The Bertz CT molecular complexity index is 1010. The molecule has 3 aromatic heterocycles. The van der Waals surface area contributed by atoms with Crippen LogP contribution < -0.4 is 15.0 Å². The van der Waals surface area contributed by atoms with Gasteiger partial charge in [0.1, 0.15) is 11.6 Å². The third-order valence-corrected chi connectivity index (χ3v) is 4.59. The fourth-order valence-corrected chi connectivity index (χ4v) is 3.43. The van der Waals surface area contributed by atoms with Gasteiger partial charge in [0.2, 0.25) is 5.65 Å². The molecule has 8 nitrogen and oxygen atoms in total. The van der Waals surface area contributed by atoms with Crippen molar-refractivity contribution in [3.05, 3.63) is 48.3 Å². The van der Waals surface area contributed by atoms with Crippen LogP contribution in [0.3, 0.4) is 0 Å². The van der Waals surface area contributed by atoms with Gasteiger partial charge in [-0.3, -0.25) is 4.98 Å². The highest BCUT2D eigenvalue weighted by Crippen LogP contribution is 2.35. The van der Waals surface area contributed by atoms with Crippen molar-refractivity contribution in [2.24, 2.45) is 0 Å². The Morgan fingerprint density at radius 1 is 1.36 bits per heavy atom. The van der Waals surface area contributed by atoms with Crippen LogP contribution in [-0.4, -0.2) is 38.3 Å². The number of aromatic nitrogens is 4. The largest absolute Gasteiger partial charge is 0.412 e. The van der Waals surface area contributed by atoms with E-state index in [1.165, 1.54) is 18.5 Å². The average Bonchev–Trinajstić information content (AvgIpc) is 3.28. The molecule has 1 aliphatic rings. The first-order chi connectivity index (χ1) is 13.5. The molecule has 3 aromatic rings. The molecule has 0 bridgehead atoms. The van der Waals surface area contributed by atoms with Crippen molar-refractivity contribution in [2.75, 3.05) is 11.4 Å². The standard InChI is InChI=1S/C19H21FN6O2/c1-12(2)23-19(27)28-16-11-22-26-7-5-17(24-18(16)26)25-6-3-4-15(25)13-8-14(20)10-21-9-13/h5,7-12,15H,3-4,6H2,1-2H3,(H,23,27)/t15-/m1/s1. The molecule has 0 aromatic carbocycles. The Balaban J connectivity index is 1.63. The van der Waals surface area contributed by atoms with E-state index in [2.05, 4.69) is 25.3 Å². The summed E-state index contributed by atoms with van der Waals surface area (Å²) in [7, 11) is 0. The number of amides is 1. The van der Waals surface area contributed by atoms with Gasteiger partial charge < -0.3 is 15.0 Å². The van der Waals surface area contributed by atoms with E-state index < -0.39 is 6.09 Å². The lowest BCUT2D eigenvalue weighted by molar-refractivity contribution is 0.198. The van der Waals surface area contributed by atoms with Crippen LogP contribution in [0, 0.1) is 5.82 Å².